The van der Waals surface area contributed by atoms with E-state index in [-0.39, 0.29) is 12.7 Å². The SMILES string of the molecule is COc1ccc(CCNC(=O)C2(c3cc(-c4ccc5c(c4)OCO5)on3)CC2)cc1OC. The van der Waals surface area contributed by atoms with E-state index in [1.807, 2.05) is 42.5 Å². The highest BCUT2D eigenvalue weighted by Crippen LogP contribution is 2.49. The summed E-state index contributed by atoms with van der Waals surface area (Å²) in [5, 5.41) is 7.26. The van der Waals surface area contributed by atoms with E-state index in [0.29, 0.717) is 47.4 Å². The first kappa shape index (κ1) is 20.2. The first-order valence-corrected chi connectivity index (χ1v) is 10.5. The van der Waals surface area contributed by atoms with Crippen molar-refractivity contribution in [2.45, 2.75) is 24.7 Å². The van der Waals surface area contributed by atoms with Crippen molar-refractivity contribution < 1.29 is 28.3 Å². The molecule has 1 aliphatic heterocycles. The number of methoxy groups -OCH3 is 2. The maximum absolute atomic E-state index is 13.0. The van der Waals surface area contributed by atoms with Gasteiger partial charge in [-0.15, -0.1) is 0 Å². The highest BCUT2D eigenvalue weighted by molar-refractivity contribution is 5.91. The third kappa shape index (κ3) is 3.62. The molecule has 2 aliphatic rings. The highest BCUT2D eigenvalue weighted by atomic mass is 16.7. The molecule has 1 aliphatic carbocycles. The van der Waals surface area contributed by atoms with Crippen molar-refractivity contribution in [2.24, 2.45) is 0 Å². The summed E-state index contributed by atoms with van der Waals surface area (Å²) in [7, 11) is 3.21. The number of hydrogen-bond acceptors (Lipinski definition) is 7. The quantitative estimate of drug-likeness (QED) is 0.578. The Kier molecular flexibility index (Phi) is 5.13. The first-order chi connectivity index (χ1) is 15.6. The Morgan fingerprint density at radius 3 is 2.62 bits per heavy atom. The van der Waals surface area contributed by atoms with Gasteiger partial charge in [0.25, 0.3) is 0 Å². The van der Waals surface area contributed by atoms with E-state index in [0.717, 1.165) is 24.0 Å². The largest absolute Gasteiger partial charge is 0.493 e. The predicted molar refractivity (Wildman–Crippen MR) is 115 cm³/mol. The summed E-state index contributed by atoms with van der Waals surface area (Å²) >= 11 is 0. The second-order valence-corrected chi connectivity index (χ2v) is 7.92. The fourth-order valence-corrected chi connectivity index (χ4v) is 3.94. The molecule has 1 amide bonds. The van der Waals surface area contributed by atoms with Crippen molar-refractivity contribution in [1.82, 2.24) is 10.5 Å². The molecule has 166 valence electrons. The summed E-state index contributed by atoms with van der Waals surface area (Å²) < 4.78 is 26.9. The molecule has 1 aromatic heterocycles. The molecule has 1 saturated carbocycles. The van der Waals surface area contributed by atoms with Gasteiger partial charge >= 0.3 is 0 Å². The van der Waals surface area contributed by atoms with Crippen LogP contribution in [0.5, 0.6) is 23.0 Å². The van der Waals surface area contributed by atoms with E-state index < -0.39 is 5.41 Å². The van der Waals surface area contributed by atoms with E-state index >= 15 is 0 Å². The third-order valence-electron chi connectivity index (χ3n) is 5.99. The Morgan fingerprint density at radius 2 is 1.84 bits per heavy atom. The molecule has 0 atom stereocenters. The Balaban J connectivity index is 1.23. The fraction of sp³-hybridized carbons (Fsp3) is 0.333. The van der Waals surface area contributed by atoms with Crippen LogP contribution in [0, 0.1) is 0 Å². The Hall–Kier alpha value is -3.68. The predicted octanol–water partition coefficient (Wildman–Crippen LogP) is 3.48. The number of nitrogens with one attached hydrogen (secondary N) is 1. The van der Waals surface area contributed by atoms with Gasteiger partial charge in [0.1, 0.15) is 0 Å². The second-order valence-electron chi connectivity index (χ2n) is 7.92. The van der Waals surface area contributed by atoms with Crippen LogP contribution in [0.4, 0.5) is 0 Å². The minimum atomic E-state index is -0.615. The molecule has 2 heterocycles. The van der Waals surface area contributed by atoms with Gasteiger partial charge in [0.2, 0.25) is 12.7 Å². The van der Waals surface area contributed by atoms with Crippen LogP contribution in [0.25, 0.3) is 11.3 Å². The molecule has 1 fully saturated rings. The molecule has 0 bridgehead atoms. The van der Waals surface area contributed by atoms with Crippen LogP contribution in [0.15, 0.2) is 47.0 Å². The van der Waals surface area contributed by atoms with Gasteiger partial charge < -0.3 is 28.8 Å². The molecule has 8 nitrogen and oxygen atoms in total. The topological polar surface area (TPSA) is 92.1 Å². The highest BCUT2D eigenvalue weighted by Gasteiger charge is 2.53. The lowest BCUT2D eigenvalue weighted by Gasteiger charge is -2.13. The lowest BCUT2D eigenvalue weighted by Crippen LogP contribution is -2.36. The molecule has 0 unspecified atom stereocenters. The number of fused-ring (bicyclic) bond motifs is 1. The molecule has 2 aromatic carbocycles. The lowest BCUT2D eigenvalue weighted by molar-refractivity contribution is -0.123. The summed E-state index contributed by atoms with van der Waals surface area (Å²) in [6, 6.07) is 13.2. The van der Waals surface area contributed by atoms with Crippen LogP contribution >= 0.6 is 0 Å². The minimum Gasteiger partial charge on any atom is -0.493 e. The van der Waals surface area contributed by atoms with Crippen molar-refractivity contribution in [2.75, 3.05) is 27.6 Å². The molecule has 0 spiro atoms. The van der Waals surface area contributed by atoms with Gasteiger partial charge in [0.15, 0.2) is 28.8 Å². The Labute approximate surface area is 185 Å². The lowest BCUT2D eigenvalue weighted by atomic mass is 10.00. The smallest absolute Gasteiger partial charge is 0.232 e. The van der Waals surface area contributed by atoms with Crippen LogP contribution in [0.3, 0.4) is 0 Å². The van der Waals surface area contributed by atoms with E-state index in [1.165, 1.54) is 0 Å². The van der Waals surface area contributed by atoms with Gasteiger partial charge in [-0.3, -0.25) is 4.79 Å². The number of hydrogen-bond donors (Lipinski definition) is 1. The molecule has 1 N–H and O–H groups in total. The average molecular weight is 436 g/mol. The van der Waals surface area contributed by atoms with E-state index in [4.69, 9.17) is 23.5 Å². The number of carbonyl (C=O) groups is 1. The molecule has 5 rings (SSSR count). The zero-order valence-electron chi connectivity index (χ0n) is 18.0. The molecule has 32 heavy (non-hydrogen) atoms. The number of carbonyl (C=O) groups excluding carboxylic acids is 1. The van der Waals surface area contributed by atoms with E-state index in [1.54, 1.807) is 14.2 Å². The van der Waals surface area contributed by atoms with Gasteiger partial charge in [0.05, 0.1) is 25.3 Å². The van der Waals surface area contributed by atoms with Crippen molar-refractivity contribution >= 4 is 5.91 Å². The molecule has 0 saturated heterocycles. The molecular weight excluding hydrogens is 412 g/mol. The molecule has 0 radical (unpaired) electrons. The number of amides is 1. The maximum Gasteiger partial charge on any atom is 0.232 e. The van der Waals surface area contributed by atoms with E-state index in [2.05, 4.69) is 10.5 Å². The van der Waals surface area contributed by atoms with Crippen molar-refractivity contribution in [3.05, 3.63) is 53.7 Å². The third-order valence-corrected chi connectivity index (χ3v) is 5.99. The van der Waals surface area contributed by atoms with Crippen LogP contribution < -0.4 is 24.3 Å². The number of nitrogens with zero attached hydrogens (tertiary/aromatic N) is 1. The van der Waals surface area contributed by atoms with Crippen molar-refractivity contribution in [3.63, 3.8) is 0 Å². The van der Waals surface area contributed by atoms with Gasteiger partial charge in [-0.25, -0.2) is 0 Å². The van der Waals surface area contributed by atoms with Gasteiger partial charge in [-0.2, -0.15) is 0 Å². The Morgan fingerprint density at radius 1 is 1.03 bits per heavy atom. The summed E-state index contributed by atoms with van der Waals surface area (Å²) in [4.78, 5) is 13.0. The summed E-state index contributed by atoms with van der Waals surface area (Å²) in [6.45, 7) is 0.732. The first-order valence-electron chi connectivity index (χ1n) is 10.5. The summed E-state index contributed by atoms with van der Waals surface area (Å²) in [5.41, 5.74) is 1.93. The molecular formula is C24H24N2O6. The van der Waals surface area contributed by atoms with Crippen LogP contribution in [0.1, 0.15) is 24.1 Å². The summed E-state index contributed by atoms with van der Waals surface area (Å²) in [5.74, 6) is 3.32. The van der Waals surface area contributed by atoms with Crippen molar-refractivity contribution in [1.29, 1.82) is 0 Å². The summed E-state index contributed by atoms with van der Waals surface area (Å²) in [6.07, 6.45) is 2.19. The number of aromatic nitrogens is 1. The standard InChI is InChI=1S/C24H24N2O6/c1-28-17-5-3-15(11-20(17)29-2)7-10-25-23(27)24(8-9-24)22-13-19(32-26-22)16-4-6-18-21(12-16)31-14-30-18/h3-6,11-13H,7-10,14H2,1-2H3,(H,25,27). The fourth-order valence-electron chi connectivity index (χ4n) is 3.94. The van der Waals surface area contributed by atoms with Crippen LogP contribution in [-0.2, 0) is 16.6 Å². The zero-order chi connectivity index (χ0) is 22.1. The number of rotatable bonds is 8. The molecule has 3 aromatic rings. The van der Waals surface area contributed by atoms with Crippen LogP contribution in [0.2, 0.25) is 0 Å². The van der Waals surface area contributed by atoms with Gasteiger partial charge in [0, 0.05) is 18.2 Å². The maximum atomic E-state index is 13.0. The average Bonchev–Trinajstić information content (AvgIpc) is 3.25. The number of ether oxygens (including phenoxy) is 4. The zero-order valence-corrected chi connectivity index (χ0v) is 18.0. The minimum absolute atomic E-state index is 0.0245. The van der Waals surface area contributed by atoms with Crippen molar-refractivity contribution in [3.8, 4) is 34.3 Å². The number of benzene rings is 2. The van der Waals surface area contributed by atoms with Gasteiger partial charge in [-0.05, 0) is 55.2 Å². The van der Waals surface area contributed by atoms with Gasteiger partial charge in [-0.1, -0.05) is 11.2 Å². The van der Waals surface area contributed by atoms with Crippen LogP contribution in [-0.4, -0.2) is 38.6 Å². The van der Waals surface area contributed by atoms with E-state index in [9.17, 15) is 4.79 Å². The monoisotopic (exact) mass is 436 g/mol. The molecule has 8 heteroatoms. The normalized spacial score (nSPS) is 15.3. The Bertz CT molecular complexity index is 1150. The second kappa shape index (κ2) is 8.11.